The molecule has 0 aliphatic carbocycles. The van der Waals surface area contributed by atoms with E-state index < -0.39 is 30.0 Å². The van der Waals surface area contributed by atoms with Crippen LogP contribution >= 0.6 is 0 Å². The number of hydrogen-bond donors (Lipinski definition) is 2. The lowest BCUT2D eigenvalue weighted by Gasteiger charge is -2.38. The minimum absolute atomic E-state index is 0.00398. The fourth-order valence-electron chi connectivity index (χ4n) is 7.23. The summed E-state index contributed by atoms with van der Waals surface area (Å²) in [6, 6.07) is 33.4. The van der Waals surface area contributed by atoms with E-state index in [1.807, 2.05) is 103 Å². The molecular weight excluding hydrogens is 644 g/mol. The smallest absolute Gasteiger partial charge is 0.261 e. The molecule has 3 amide bonds. The predicted molar refractivity (Wildman–Crippen MR) is 197 cm³/mol. The van der Waals surface area contributed by atoms with Crippen molar-refractivity contribution in [2.75, 3.05) is 51.3 Å². The summed E-state index contributed by atoms with van der Waals surface area (Å²) in [6.45, 7) is 1.87. The van der Waals surface area contributed by atoms with Crippen molar-refractivity contribution >= 4 is 45.0 Å². The van der Waals surface area contributed by atoms with Gasteiger partial charge in [-0.05, 0) is 39.9 Å². The fraction of sp³-hybridized carbons (Fsp3) is 0.293. The molecule has 7 rings (SSSR count). The van der Waals surface area contributed by atoms with E-state index in [1.165, 1.54) is 4.90 Å². The van der Waals surface area contributed by atoms with E-state index in [1.54, 1.807) is 18.1 Å². The summed E-state index contributed by atoms with van der Waals surface area (Å²) in [7, 11) is 1.65. The summed E-state index contributed by atoms with van der Waals surface area (Å²) in [5.74, 6) is 0.265. The zero-order valence-corrected chi connectivity index (χ0v) is 28.6. The number of methoxy groups -OCH3 is 1. The first-order chi connectivity index (χ1) is 24.9. The summed E-state index contributed by atoms with van der Waals surface area (Å²) >= 11 is 0. The van der Waals surface area contributed by atoms with Crippen molar-refractivity contribution in [2.45, 2.75) is 31.0 Å². The van der Waals surface area contributed by atoms with E-state index in [0.29, 0.717) is 31.9 Å². The number of carbonyl (C=O) groups excluding carboxylic acids is 3. The third-order valence-electron chi connectivity index (χ3n) is 9.89. The van der Waals surface area contributed by atoms with Gasteiger partial charge in [-0.25, -0.2) is 0 Å². The highest BCUT2D eigenvalue weighted by Gasteiger charge is 2.41. The van der Waals surface area contributed by atoms with Gasteiger partial charge in [0.15, 0.2) is 6.61 Å². The lowest BCUT2D eigenvalue weighted by molar-refractivity contribution is -0.142. The maximum absolute atomic E-state index is 14.2. The van der Waals surface area contributed by atoms with Crippen LogP contribution in [0.2, 0.25) is 0 Å². The van der Waals surface area contributed by atoms with Crippen LogP contribution in [-0.4, -0.2) is 97.3 Å². The number of piperazine rings is 1. The van der Waals surface area contributed by atoms with Crippen molar-refractivity contribution in [3.05, 3.63) is 115 Å². The number of hydrogen-bond acceptors (Lipinski definition) is 7. The summed E-state index contributed by atoms with van der Waals surface area (Å²) in [5, 5.41) is 17.6. The molecule has 2 N–H and O–H groups in total. The highest BCUT2D eigenvalue weighted by molar-refractivity contribution is 5.94. The Bertz CT molecular complexity index is 2040. The molecule has 2 fully saturated rings. The van der Waals surface area contributed by atoms with Gasteiger partial charge in [0.2, 0.25) is 11.8 Å². The van der Waals surface area contributed by atoms with Crippen molar-refractivity contribution in [3.63, 3.8) is 0 Å². The van der Waals surface area contributed by atoms with Gasteiger partial charge in [-0.2, -0.15) is 0 Å². The second-order valence-corrected chi connectivity index (χ2v) is 13.1. The van der Waals surface area contributed by atoms with Crippen LogP contribution < -0.4 is 19.7 Å². The van der Waals surface area contributed by atoms with E-state index in [2.05, 4.69) is 10.2 Å². The van der Waals surface area contributed by atoms with Crippen molar-refractivity contribution in [1.29, 1.82) is 0 Å². The zero-order valence-electron chi connectivity index (χ0n) is 28.6. The standard InChI is InChI=1S/C41H42N4O6/c1-50-38-15-7-6-14-35(38)43-19-21-44(22-20-43)41(49)34(24-28-17-18-29-9-2-3-11-31(29)23-28)42-40(48)36-25-32(46)26-45(36)39(47)27-51-37-16-8-12-30-10-4-5-13-33(30)37/h2-18,23,32,34,36,46H,19-22,24-27H2,1H3,(H,42,48)/t32-,34?,36?/m1/s1. The molecule has 0 radical (unpaired) electrons. The number of amides is 3. The van der Waals surface area contributed by atoms with Gasteiger partial charge in [0.25, 0.3) is 5.91 Å². The number of rotatable bonds is 10. The number of likely N-dealkylation sites (tertiary alicyclic amines) is 1. The van der Waals surface area contributed by atoms with Gasteiger partial charge in [0.05, 0.1) is 18.9 Å². The molecule has 262 valence electrons. The Hall–Kier alpha value is -5.61. The van der Waals surface area contributed by atoms with Crippen LogP contribution in [0.3, 0.4) is 0 Å². The van der Waals surface area contributed by atoms with Gasteiger partial charge >= 0.3 is 0 Å². The zero-order chi connectivity index (χ0) is 35.3. The molecule has 2 heterocycles. The van der Waals surface area contributed by atoms with E-state index >= 15 is 0 Å². The van der Waals surface area contributed by atoms with Crippen LogP contribution in [0, 0.1) is 0 Å². The molecule has 3 atom stereocenters. The fourth-order valence-corrected chi connectivity index (χ4v) is 7.23. The Balaban J connectivity index is 1.07. The third-order valence-corrected chi connectivity index (χ3v) is 9.89. The van der Waals surface area contributed by atoms with Crippen LogP contribution in [0.25, 0.3) is 21.5 Å². The number of ether oxygens (including phenoxy) is 2. The molecule has 2 unspecified atom stereocenters. The molecule has 0 aromatic heterocycles. The van der Waals surface area contributed by atoms with Crippen LogP contribution in [0.1, 0.15) is 12.0 Å². The average Bonchev–Trinajstić information content (AvgIpc) is 3.58. The first kappa shape index (κ1) is 33.9. The molecule has 10 nitrogen and oxygen atoms in total. The summed E-state index contributed by atoms with van der Waals surface area (Å²) in [5.41, 5.74) is 1.88. The number of fused-ring (bicyclic) bond motifs is 2. The Morgan fingerprint density at radius 2 is 1.49 bits per heavy atom. The summed E-state index contributed by atoms with van der Waals surface area (Å²) in [6.07, 6.45) is -0.532. The Kier molecular flexibility index (Phi) is 10.0. The number of β-amino-alcohol motifs (C(OH)–C–C–N with tert-alkyl or cyclic N) is 1. The predicted octanol–water partition coefficient (Wildman–Crippen LogP) is 4.42. The topological polar surface area (TPSA) is 112 Å². The third kappa shape index (κ3) is 7.46. The van der Waals surface area contributed by atoms with Crippen molar-refractivity contribution in [1.82, 2.24) is 15.1 Å². The van der Waals surface area contributed by atoms with Crippen molar-refractivity contribution in [3.8, 4) is 11.5 Å². The quantitative estimate of drug-likeness (QED) is 0.224. The van der Waals surface area contributed by atoms with Crippen molar-refractivity contribution < 1.29 is 29.0 Å². The van der Waals surface area contributed by atoms with Crippen LogP contribution in [0.4, 0.5) is 5.69 Å². The van der Waals surface area contributed by atoms with E-state index in [0.717, 1.165) is 38.5 Å². The molecular formula is C41H42N4O6. The molecule has 5 aromatic rings. The Labute approximate surface area is 297 Å². The normalized spacial score (nSPS) is 18.1. The molecule has 0 saturated carbocycles. The first-order valence-electron chi connectivity index (χ1n) is 17.4. The Morgan fingerprint density at radius 3 is 2.29 bits per heavy atom. The minimum Gasteiger partial charge on any atom is -0.495 e. The maximum atomic E-state index is 14.2. The summed E-state index contributed by atoms with van der Waals surface area (Å²) < 4.78 is 11.5. The highest BCUT2D eigenvalue weighted by atomic mass is 16.5. The maximum Gasteiger partial charge on any atom is 0.261 e. The monoisotopic (exact) mass is 686 g/mol. The average molecular weight is 687 g/mol. The molecule has 10 heteroatoms. The molecule has 51 heavy (non-hydrogen) atoms. The SMILES string of the molecule is COc1ccccc1N1CCN(C(=O)C(Cc2ccc3ccccc3c2)NC(=O)C2C[C@@H](O)CN2C(=O)COc2cccc3ccccc23)CC1. The number of anilines is 1. The molecule has 0 spiro atoms. The molecule has 0 bridgehead atoms. The minimum atomic E-state index is -0.946. The molecule has 5 aromatic carbocycles. The van der Waals surface area contributed by atoms with Gasteiger partial charge in [-0.1, -0.05) is 91.0 Å². The number of carbonyl (C=O) groups is 3. The van der Waals surface area contributed by atoms with Gasteiger partial charge in [-0.3, -0.25) is 14.4 Å². The highest BCUT2D eigenvalue weighted by Crippen LogP contribution is 2.29. The largest absolute Gasteiger partial charge is 0.495 e. The van der Waals surface area contributed by atoms with Crippen molar-refractivity contribution in [2.24, 2.45) is 0 Å². The second-order valence-electron chi connectivity index (χ2n) is 13.1. The molecule has 2 aliphatic rings. The number of para-hydroxylation sites is 2. The first-order valence-corrected chi connectivity index (χ1v) is 17.4. The van der Waals surface area contributed by atoms with E-state index in [-0.39, 0.29) is 31.9 Å². The number of benzene rings is 5. The number of nitrogens with one attached hydrogen (secondary N) is 1. The molecule has 2 saturated heterocycles. The number of aliphatic hydroxyl groups excluding tert-OH is 1. The number of nitrogens with zero attached hydrogens (tertiary/aromatic N) is 3. The lowest BCUT2D eigenvalue weighted by Crippen LogP contribution is -2.58. The Morgan fingerprint density at radius 1 is 0.804 bits per heavy atom. The molecule has 2 aliphatic heterocycles. The van der Waals surface area contributed by atoms with Crippen LogP contribution in [0.15, 0.2) is 109 Å². The van der Waals surface area contributed by atoms with E-state index in [4.69, 9.17) is 9.47 Å². The lowest BCUT2D eigenvalue weighted by atomic mass is 10.00. The summed E-state index contributed by atoms with van der Waals surface area (Å²) in [4.78, 5) is 47.1. The number of aliphatic hydroxyl groups is 1. The van der Waals surface area contributed by atoms with Gasteiger partial charge < -0.3 is 34.6 Å². The van der Waals surface area contributed by atoms with Gasteiger partial charge in [-0.15, -0.1) is 0 Å². The van der Waals surface area contributed by atoms with Crippen LogP contribution in [0.5, 0.6) is 11.5 Å². The second kappa shape index (κ2) is 15.1. The van der Waals surface area contributed by atoms with Crippen LogP contribution in [-0.2, 0) is 20.8 Å². The van der Waals surface area contributed by atoms with E-state index in [9.17, 15) is 19.5 Å². The van der Waals surface area contributed by atoms with Gasteiger partial charge in [0, 0.05) is 51.0 Å². The van der Waals surface area contributed by atoms with Gasteiger partial charge in [0.1, 0.15) is 23.6 Å².